The number of hydrogen-bond acceptors (Lipinski definition) is 4. The number of ether oxygens (including phenoxy) is 1. The summed E-state index contributed by atoms with van der Waals surface area (Å²) < 4.78 is 5.07. The predicted molar refractivity (Wildman–Crippen MR) is 86.9 cm³/mol. The van der Waals surface area contributed by atoms with E-state index < -0.39 is 0 Å². The molecule has 0 aliphatic carbocycles. The maximum atomic E-state index is 9.54. The van der Waals surface area contributed by atoms with E-state index in [1.54, 1.807) is 12.1 Å². The fourth-order valence-corrected chi connectivity index (χ4v) is 1.72. The maximum absolute atomic E-state index is 9.54. The zero-order valence-corrected chi connectivity index (χ0v) is 12.1. The van der Waals surface area contributed by atoms with Gasteiger partial charge in [0.1, 0.15) is 0 Å². The van der Waals surface area contributed by atoms with E-state index in [-0.39, 0.29) is 5.75 Å². The van der Waals surface area contributed by atoms with Crippen molar-refractivity contribution in [3.8, 4) is 11.5 Å². The van der Waals surface area contributed by atoms with Crippen LogP contribution in [0.25, 0.3) is 6.08 Å². The Morgan fingerprint density at radius 3 is 2.67 bits per heavy atom. The molecule has 0 aliphatic heterocycles. The van der Waals surface area contributed by atoms with E-state index in [4.69, 9.17) is 4.74 Å². The van der Waals surface area contributed by atoms with Gasteiger partial charge in [-0.1, -0.05) is 30.3 Å². The van der Waals surface area contributed by atoms with Gasteiger partial charge in [0.15, 0.2) is 11.5 Å². The topological polar surface area (TPSA) is 53.8 Å². The molecule has 0 aliphatic rings. The molecule has 0 fully saturated rings. The van der Waals surface area contributed by atoms with Crippen molar-refractivity contribution >= 4 is 17.5 Å². The van der Waals surface area contributed by atoms with Gasteiger partial charge in [-0.05, 0) is 42.8 Å². The fourth-order valence-electron chi connectivity index (χ4n) is 1.72. The van der Waals surface area contributed by atoms with Gasteiger partial charge in [-0.3, -0.25) is 5.43 Å². The lowest BCUT2D eigenvalue weighted by molar-refractivity contribution is 0.373. The number of aromatic hydroxyl groups is 1. The summed E-state index contributed by atoms with van der Waals surface area (Å²) in [5, 5.41) is 13.8. The van der Waals surface area contributed by atoms with Gasteiger partial charge in [0.2, 0.25) is 0 Å². The summed E-state index contributed by atoms with van der Waals surface area (Å²) in [6.45, 7) is 1.91. The van der Waals surface area contributed by atoms with Crippen molar-refractivity contribution in [1.29, 1.82) is 0 Å². The van der Waals surface area contributed by atoms with Crippen LogP contribution in [0.5, 0.6) is 11.5 Å². The number of allylic oxidation sites excluding steroid dienone is 1. The number of phenolic OH excluding ortho intramolecular Hbond substituents is 1. The first kappa shape index (κ1) is 14.7. The van der Waals surface area contributed by atoms with Crippen LogP contribution in [0.15, 0.2) is 59.7 Å². The lowest BCUT2D eigenvalue weighted by Crippen LogP contribution is -1.93. The van der Waals surface area contributed by atoms with Gasteiger partial charge in [0.25, 0.3) is 0 Å². The quantitative estimate of drug-likeness (QED) is 0.646. The summed E-state index contributed by atoms with van der Waals surface area (Å²) in [5.41, 5.74) is 5.69. The van der Waals surface area contributed by atoms with E-state index >= 15 is 0 Å². The summed E-state index contributed by atoms with van der Waals surface area (Å²) >= 11 is 0. The third-order valence-electron chi connectivity index (χ3n) is 2.86. The van der Waals surface area contributed by atoms with Gasteiger partial charge in [-0.25, -0.2) is 0 Å². The minimum atomic E-state index is 0.130. The Labute approximate surface area is 124 Å². The molecule has 4 nitrogen and oxygen atoms in total. The lowest BCUT2D eigenvalue weighted by atomic mass is 10.1. The van der Waals surface area contributed by atoms with Gasteiger partial charge in [-0.2, -0.15) is 5.10 Å². The van der Waals surface area contributed by atoms with Gasteiger partial charge in [-0.15, -0.1) is 0 Å². The first-order valence-electron chi connectivity index (χ1n) is 6.59. The Bertz CT molecular complexity index is 649. The molecular formula is C17H18N2O2. The van der Waals surface area contributed by atoms with E-state index in [0.29, 0.717) is 5.75 Å². The van der Waals surface area contributed by atoms with Crippen molar-refractivity contribution in [3.05, 3.63) is 60.2 Å². The second-order valence-electron chi connectivity index (χ2n) is 4.50. The smallest absolute Gasteiger partial charge is 0.161 e. The highest BCUT2D eigenvalue weighted by Crippen LogP contribution is 2.26. The number of benzene rings is 2. The van der Waals surface area contributed by atoms with Crippen molar-refractivity contribution < 1.29 is 9.84 Å². The molecule has 0 atom stereocenters. The molecule has 0 saturated heterocycles. The molecule has 2 aromatic rings. The number of phenols is 1. The van der Waals surface area contributed by atoms with Crippen LogP contribution in [0.2, 0.25) is 0 Å². The highest BCUT2D eigenvalue weighted by atomic mass is 16.5. The lowest BCUT2D eigenvalue weighted by Gasteiger charge is -2.03. The summed E-state index contributed by atoms with van der Waals surface area (Å²) in [4.78, 5) is 0. The Balaban J connectivity index is 2.03. The normalized spacial score (nSPS) is 11.6. The van der Waals surface area contributed by atoms with Crippen LogP contribution in [0, 0.1) is 0 Å². The van der Waals surface area contributed by atoms with Crippen molar-refractivity contribution in [2.45, 2.75) is 6.92 Å². The standard InChI is InChI=1S/C17H18N2O2/c1-13(18-19-15-6-4-3-5-7-15)8-9-14-10-11-16(20)17(12-14)21-2/h3-12,19-20H,1-2H3/b9-8-,18-13-. The molecule has 21 heavy (non-hydrogen) atoms. The number of nitrogens with zero attached hydrogens (tertiary/aromatic N) is 1. The van der Waals surface area contributed by atoms with E-state index in [2.05, 4.69) is 10.5 Å². The van der Waals surface area contributed by atoms with E-state index in [1.165, 1.54) is 7.11 Å². The van der Waals surface area contributed by atoms with Crippen molar-refractivity contribution in [2.24, 2.45) is 5.10 Å². The number of methoxy groups -OCH3 is 1. The van der Waals surface area contributed by atoms with E-state index in [1.807, 2.05) is 55.5 Å². The third-order valence-corrected chi connectivity index (χ3v) is 2.86. The van der Waals surface area contributed by atoms with Crippen molar-refractivity contribution in [3.63, 3.8) is 0 Å². The molecule has 0 bridgehead atoms. The Morgan fingerprint density at radius 1 is 1.19 bits per heavy atom. The van der Waals surface area contributed by atoms with Crippen LogP contribution in [-0.2, 0) is 0 Å². The summed E-state index contributed by atoms with van der Waals surface area (Å²) in [6, 6.07) is 14.9. The Kier molecular flexibility index (Phi) is 4.99. The van der Waals surface area contributed by atoms with Crippen LogP contribution in [0.1, 0.15) is 12.5 Å². The molecule has 0 radical (unpaired) electrons. The zero-order valence-electron chi connectivity index (χ0n) is 12.1. The number of para-hydroxylation sites is 1. The van der Waals surface area contributed by atoms with Crippen molar-refractivity contribution in [2.75, 3.05) is 12.5 Å². The second-order valence-corrected chi connectivity index (χ2v) is 4.50. The zero-order chi connectivity index (χ0) is 15.1. The molecule has 2 N–H and O–H groups in total. The number of anilines is 1. The fraction of sp³-hybridized carbons (Fsp3) is 0.118. The van der Waals surface area contributed by atoms with Crippen LogP contribution in [0.3, 0.4) is 0 Å². The Morgan fingerprint density at radius 2 is 1.95 bits per heavy atom. The Hall–Kier alpha value is -2.75. The molecule has 2 rings (SSSR count). The molecule has 2 aromatic carbocycles. The average molecular weight is 282 g/mol. The van der Waals surface area contributed by atoms with Crippen molar-refractivity contribution in [1.82, 2.24) is 0 Å². The second kappa shape index (κ2) is 7.14. The molecule has 0 spiro atoms. The van der Waals surface area contributed by atoms with Crippen LogP contribution in [0.4, 0.5) is 5.69 Å². The highest BCUT2D eigenvalue weighted by molar-refractivity contribution is 5.96. The van der Waals surface area contributed by atoms with Crippen LogP contribution < -0.4 is 10.2 Å². The largest absolute Gasteiger partial charge is 0.504 e. The van der Waals surface area contributed by atoms with Gasteiger partial charge >= 0.3 is 0 Å². The molecule has 0 saturated carbocycles. The number of nitrogens with one attached hydrogen (secondary N) is 1. The monoisotopic (exact) mass is 282 g/mol. The molecule has 0 unspecified atom stereocenters. The van der Waals surface area contributed by atoms with Crippen LogP contribution >= 0.6 is 0 Å². The first-order valence-corrected chi connectivity index (χ1v) is 6.59. The minimum absolute atomic E-state index is 0.130. The van der Waals surface area contributed by atoms with E-state index in [0.717, 1.165) is 17.0 Å². The highest BCUT2D eigenvalue weighted by Gasteiger charge is 2.00. The molecule has 108 valence electrons. The molecular weight excluding hydrogens is 264 g/mol. The average Bonchev–Trinajstić information content (AvgIpc) is 2.53. The predicted octanol–water partition coefficient (Wildman–Crippen LogP) is 3.90. The van der Waals surface area contributed by atoms with Gasteiger partial charge in [0.05, 0.1) is 18.5 Å². The molecule has 0 heterocycles. The van der Waals surface area contributed by atoms with E-state index in [9.17, 15) is 5.11 Å². The number of hydrogen-bond donors (Lipinski definition) is 2. The summed E-state index contributed by atoms with van der Waals surface area (Å²) in [5.74, 6) is 0.583. The third kappa shape index (κ3) is 4.38. The first-order chi connectivity index (χ1) is 10.2. The van der Waals surface area contributed by atoms with Gasteiger partial charge in [0, 0.05) is 0 Å². The summed E-state index contributed by atoms with van der Waals surface area (Å²) in [6.07, 6.45) is 3.80. The maximum Gasteiger partial charge on any atom is 0.161 e. The minimum Gasteiger partial charge on any atom is -0.504 e. The molecule has 4 heteroatoms. The molecule has 0 aromatic heterocycles. The van der Waals surface area contributed by atoms with Crippen LogP contribution in [-0.4, -0.2) is 17.9 Å². The molecule has 0 amide bonds. The number of hydrazone groups is 1. The number of rotatable bonds is 5. The summed E-state index contributed by atoms with van der Waals surface area (Å²) in [7, 11) is 1.53. The SMILES string of the molecule is COc1cc(/C=C\C(C)=N/Nc2ccccc2)ccc1O. The van der Waals surface area contributed by atoms with Gasteiger partial charge < -0.3 is 9.84 Å².